The third-order valence-corrected chi connectivity index (χ3v) is 4.42. The van der Waals surface area contributed by atoms with E-state index in [4.69, 9.17) is 9.47 Å². The molecule has 0 fully saturated rings. The lowest BCUT2D eigenvalue weighted by Gasteiger charge is -2.20. The average molecular weight is 299 g/mol. The van der Waals surface area contributed by atoms with Crippen LogP contribution < -0.4 is 14.8 Å². The number of hydrogen-bond donors (Lipinski definition) is 2. The molecule has 112 valence electrons. The van der Waals surface area contributed by atoms with Crippen LogP contribution in [0, 0.1) is 0 Å². The smallest absolute Gasteiger partial charge is 0.161 e. The van der Waals surface area contributed by atoms with Gasteiger partial charge in [0.15, 0.2) is 11.5 Å². The molecular formula is C14H21NO4S. The second kappa shape index (κ2) is 7.61. The summed E-state index contributed by atoms with van der Waals surface area (Å²) < 4.78 is 22.2. The summed E-state index contributed by atoms with van der Waals surface area (Å²) in [5.74, 6) is 2.69. The number of ether oxygens (including phenoxy) is 2. The lowest BCUT2D eigenvalue weighted by Crippen LogP contribution is -2.26. The van der Waals surface area contributed by atoms with Crippen LogP contribution in [0.2, 0.25) is 0 Å². The molecule has 2 rings (SSSR count). The Bertz CT molecular complexity index is 466. The van der Waals surface area contributed by atoms with Crippen molar-refractivity contribution in [3.05, 3.63) is 23.8 Å². The van der Waals surface area contributed by atoms with Crippen LogP contribution in [-0.4, -0.2) is 47.1 Å². The third kappa shape index (κ3) is 4.19. The summed E-state index contributed by atoms with van der Waals surface area (Å²) in [4.78, 5) is 0. The fourth-order valence-corrected chi connectivity index (χ4v) is 2.61. The summed E-state index contributed by atoms with van der Waals surface area (Å²) >= 11 is 0. The molecule has 2 atom stereocenters. The zero-order valence-corrected chi connectivity index (χ0v) is 12.4. The summed E-state index contributed by atoms with van der Waals surface area (Å²) in [6, 6.07) is 5.47. The van der Waals surface area contributed by atoms with Crippen LogP contribution in [0.15, 0.2) is 18.2 Å². The molecule has 6 heteroatoms. The second-order valence-corrected chi connectivity index (χ2v) is 6.42. The normalized spacial score (nSPS) is 16.7. The molecule has 0 bridgehead atoms. The Labute approximate surface area is 121 Å². The van der Waals surface area contributed by atoms with Crippen molar-refractivity contribution in [2.45, 2.75) is 13.0 Å². The molecule has 1 aromatic carbocycles. The molecule has 1 aliphatic rings. The number of hydrogen-bond acceptors (Lipinski definition) is 5. The number of benzene rings is 1. The lowest BCUT2D eigenvalue weighted by atomic mass is 10.1. The van der Waals surface area contributed by atoms with Crippen molar-refractivity contribution >= 4 is 10.8 Å². The predicted octanol–water partition coefficient (Wildman–Crippen LogP) is 0.849. The van der Waals surface area contributed by atoms with Crippen molar-refractivity contribution in [1.29, 1.82) is 0 Å². The molecular weight excluding hydrogens is 278 g/mol. The zero-order valence-electron chi connectivity index (χ0n) is 11.6. The van der Waals surface area contributed by atoms with Gasteiger partial charge in [-0.2, -0.15) is 0 Å². The highest BCUT2D eigenvalue weighted by Crippen LogP contribution is 2.32. The minimum atomic E-state index is -0.769. The molecule has 0 saturated carbocycles. The molecule has 1 aliphatic heterocycles. The lowest BCUT2D eigenvalue weighted by molar-refractivity contribution is 0.163. The fourth-order valence-electron chi connectivity index (χ4n) is 1.95. The first-order chi connectivity index (χ1) is 9.70. The first-order valence-electron chi connectivity index (χ1n) is 6.84. The molecule has 0 aliphatic carbocycles. The third-order valence-electron chi connectivity index (χ3n) is 3.12. The predicted molar refractivity (Wildman–Crippen MR) is 78.8 cm³/mol. The first-order valence-corrected chi connectivity index (χ1v) is 8.33. The van der Waals surface area contributed by atoms with E-state index in [1.807, 2.05) is 25.1 Å². The van der Waals surface area contributed by atoms with Gasteiger partial charge in [-0.1, -0.05) is 13.0 Å². The molecule has 0 aromatic heterocycles. The van der Waals surface area contributed by atoms with Gasteiger partial charge in [0.1, 0.15) is 13.2 Å². The van der Waals surface area contributed by atoms with Crippen molar-refractivity contribution in [3.8, 4) is 11.5 Å². The summed E-state index contributed by atoms with van der Waals surface area (Å²) in [5, 5.41) is 13.2. The highest BCUT2D eigenvalue weighted by molar-refractivity contribution is 7.84. The van der Waals surface area contributed by atoms with Gasteiger partial charge in [0.25, 0.3) is 0 Å². The van der Waals surface area contributed by atoms with Gasteiger partial charge < -0.3 is 19.9 Å². The van der Waals surface area contributed by atoms with E-state index in [0.29, 0.717) is 43.6 Å². The van der Waals surface area contributed by atoms with Crippen LogP contribution in [0.25, 0.3) is 0 Å². The van der Waals surface area contributed by atoms with Gasteiger partial charge in [-0.15, -0.1) is 0 Å². The van der Waals surface area contributed by atoms with Crippen LogP contribution in [0.3, 0.4) is 0 Å². The number of nitrogens with one attached hydrogen (secondary N) is 1. The highest BCUT2D eigenvalue weighted by Gasteiger charge is 2.15. The van der Waals surface area contributed by atoms with Crippen LogP contribution in [0.4, 0.5) is 0 Å². The Morgan fingerprint density at radius 2 is 2.10 bits per heavy atom. The van der Waals surface area contributed by atoms with Crippen molar-refractivity contribution in [1.82, 2.24) is 5.32 Å². The minimum Gasteiger partial charge on any atom is -0.486 e. The minimum absolute atomic E-state index is 0.431. The average Bonchev–Trinajstić information content (AvgIpc) is 2.50. The summed E-state index contributed by atoms with van der Waals surface area (Å²) in [5.41, 5.74) is 0.790. The first kappa shape index (κ1) is 15.3. The molecule has 2 N–H and O–H groups in total. The molecule has 0 amide bonds. The van der Waals surface area contributed by atoms with Crippen LogP contribution in [-0.2, 0) is 10.8 Å². The van der Waals surface area contributed by atoms with Gasteiger partial charge in [-0.25, -0.2) is 0 Å². The molecule has 1 aromatic rings. The Morgan fingerprint density at radius 1 is 1.35 bits per heavy atom. The monoisotopic (exact) mass is 299 g/mol. The van der Waals surface area contributed by atoms with Gasteiger partial charge in [-0.3, -0.25) is 4.21 Å². The van der Waals surface area contributed by atoms with E-state index in [1.54, 1.807) is 0 Å². The maximum Gasteiger partial charge on any atom is 0.161 e. The van der Waals surface area contributed by atoms with Crippen LogP contribution in [0.1, 0.15) is 18.6 Å². The van der Waals surface area contributed by atoms with E-state index in [0.717, 1.165) is 11.3 Å². The van der Waals surface area contributed by atoms with E-state index < -0.39 is 16.9 Å². The molecule has 0 spiro atoms. The van der Waals surface area contributed by atoms with Crippen molar-refractivity contribution in [2.75, 3.05) is 37.8 Å². The molecule has 5 nitrogen and oxygen atoms in total. The van der Waals surface area contributed by atoms with E-state index in [2.05, 4.69) is 5.32 Å². The molecule has 1 heterocycles. The van der Waals surface area contributed by atoms with Gasteiger partial charge >= 0.3 is 0 Å². The molecule has 20 heavy (non-hydrogen) atoms. The Kier molecular flexibility index (Phi) is 5.82. The van der Waals surface area contributed by atoms with Crippen molar-refractivity contribution in [2.24, 2.45) is 0 Å². The summed E-state index contributed by atoms with van der Waals surface area (Å²) in [6.45, 7) is 4.07. The maximum atomic E-state index is 11.3. The Hall–Kier alpha value is -1.11. The second-order valence-electron chi connectivity index (χ2n) is 4.56. The van der Waals surface area contributed by atoms with Crippen LogP contribution in [0.5, 0.6) is 11.5 Å². The number of aliphatic hydroxyl groups excluding tert-OH is 1. The summed E-state index contributed by atoms with van der Waals surface area (Å²) in [6.07, 6.45) is -0.610. The maximum absolute atomic E-state index is 11.3. The van der Waals surface area contributed by atoms with E-state index >= 15 is 0 Å². The van der Waals surface area contributed by atoms with Crippen molar-refractivity contribution < 1.29 is 18.8 Å². The number of aliphatic hydroxyl groups is 1. The van der Waals surface area contributed by atoms with Gasteiger partial charge in [0.05, 0.1) is 6.10 Å². The van der Waals surface area contributed by atoms with E-state index in [9.17, 15) is 9.32 Å². The standard InChI is InChI=1S/C14H21NO4S/c1-2-20(17)8-5-15-10-12(16)11-3-4-13-14(9-11)19-7-6-18-13/h3-4,9,12,15-16H,2,5-8,10H2,1H3. The molecule has 0 saturated heterocycles. The zero-order chi connectivity index (χ0) is 14.4. The SMILES string of the molecule is CCS(=O)CCNCC(O)c1ccc2c(c1)OCCO2. The summed E-state index contributed by atoms with van der Waals surface area (Å²) in [7, 11) is -0.769. The largest absolute Gasteiger partial charge is 0.486 e. The Morgan fingerprint density at radius 3 is 2.85 bits per heavy atom. The topological polar surface area (TPSA) is 67.8 Å². The van der Waals surface area contributed by atoms with Gasteiger partial charge in [-0.05, 0) is 17.7 Å². The van der Waals surface area contributed by atoms with Crippen LogP contribution >= 0.6 is 0 Å². The van der Waals surface area contributed by atoms with E-state index in [1.165, 1.54) is 0 Å². The Balaban J connectivity index is 1.83. The van der Waals surface area contributed by atoms with Gasteiger partial charge in [0.2, 0.25) is 0 Å². The highest BCUT2D eigenvalue weighted by atomic mass is 32.2. The molecule has 0 radical (unpaired) electrons. The number of fused-ring (bicyclic) bond motifs is 1. The van der Waals surface area contributed by atoms with Gasteiger partial charge in [0, 0.05) is 35.4 Å². The van der Waals surface area contributed by atoms with E-state index in [-0.39, 0.29) is 0 Å². The molecule has 2 unspecified atom stereocenters. The quantitative estimate of drug-likeness (QED) is 0.731. The fraction of sp³-hybridized carbons (Fsp3) is 0.571. The van der Waals surface area contributed by atoms with Crippen molar-refractivity contribution in [3.63, 3.8) is 0 Å². The number of rotatable bonds is 7.